The van der Waals surface area contributed by atoms with E-state index in [1.165, 1.54) is 24.3 Å². The quantitative estimate of drug-likeness (QED) is 0.166. The van der Waals surface area contributed by atoms with Crippen LogP contribution in [0.3, 0.4) is 0 Å². The minimum absolute atomic E-state index is 0.314. The highest BCUT2D eigenvalue weighted by molar-refractivity contribution is 6.10. The van der Waals surface area contributed by atoms with Gasteiger partial charge in [0, 0.05) is 39.2 Å². The summed E-state index contributed by atoms with van der Waals surface area (Å²) in [6.45, 7) is 11.9. The van der Waals surface area contributed by atoms with Crippen LogP contribution in [0, 0.1) is 29.5 Å². The Morgan fingerprint density at radius 2 is 1.10 bits per heavy atom. The topological polar surface area (TPSA) is 34.6 Å². The van der Waals surface area contributed by atoms with Crippen molar-refractivity contribution in [2.75, 3.05) is 9.80 Å². The Balaban J connectivity index is 1.33. The maximum atomic E-state index is 14.2. The average molecular weight is 665 g/mol. The molecule has 0 bridgehead atoms. The molecule has 0 unspecified atom stereocenters. The molecular formula is C45H30F2N4. The summed E-state index contributed by atoms with van der Waals surface area (Å²) in [6, 6.07) is 47.1. The molecule has 0 heterocycles. The molecule has 1 aliphatic rings. The number of fused-ring (bicyclic) bond motifs is 5. The van der Waals surface area contributed by atoms with Crippen LogP contribution in [-0.2, 0) is 5.41 Å². The summed E-state index contributed by atoms with van der Waals surface area (Å²) in [5.41, 5.74) is 10.4. The maximum Gasteiger partial charge on any atom is 0.187 e. The number of hydrogen-bond acceptors (Lipinski definition) is 3. The summed E-state index contributed by atoms with van der Waals surface area (Å²) in [4.78, 5) is 7.76. The van der Waals surface area contributed by atoms with Crippen molar-refractivity contribution in [2.45, 2.75) is 19.3 Å². The van der Waals surface area contributed by atoms with Gasteiger partial charge in [-0.1, -0.05) is 56.3 Å². The Hall–Kier alpha value is -6.76. The van der Waals surface area contributed by atoms with Gasteiger partial charge in [0.15, 0.2) is 5.69 Å². The fourth-order valence-electron chi connectivity index (χ4n) is 7.29. The van der Waals surface area contributed by atoms with Crippen LogP contribution in [0.1, 0.15) is 30.5 Å². The monoisotopic (exact) mass is 664 g/mol. The fraction of sp³-hybridized carbons (Fsp3) is 0.0667. The summed E-state index contributed by atoms with van der Waals surface area (Å²) in [5, 5.41) is 11.6. The Bertz CT molecular complexity index is 2530. The molecule has 51 heavy (non-hydrogen) atoms. The second-order valence-electron chi connectivity index (χ2n) is 13.1. The Morgan fingerprint density at radius 3 is 1.67 bits per heavy atom. The summed E-state index contributed by atoms with van der Waals surface area (Å²) < 4.78 is 28.3. The number of hydrogen-bond donors (Lipinski definition) is 0. The molecule has 0 amide bonds. The molecule has 4 nitrogen and oxygen atoms in total. The van der Waals surface area contributed by atoms with Crippen LogP contribution in [0.4, 0.5) is 48.6 Å². The SMILES string of the molecule is [C-]#[N+]c1ccc(N(c2ccc(F)cc2)c2ccc3c(c2)C(C)(C)c2cc(N(c4ccc(F)cc4)c4ccc(C#N)cc4)c4ccccc4c2-3)cc1. The number of anilines is 6. The molecule has 0 aliphatic heterocycles. The number of rotatable bonds is 6. The first-order valence-electron chi connectivity index (χ1n) is 16.6. The third kappa shape index (κ3) is 5.35. The van der Waals surface area contributed by atoms with E-state index in [2.05, 4.69) is 77.0 Å². The number of nitriles is 1. The lowest BCUT2D eigenvalue weighted by Crippen LogP contribution is -2.18. The smallest absolute Gasteiger partial charge is 0.187 e. The number of nitrogens with zero attached hydrogens (tertiary/aromatic N) is 4. The second-order valence-corrected chi connectivity index (χ2v) is 13.1. The number of halogens is 2. The summed E-state index contributed by atoms with van der Waals surface area (Å²) >= 11 is 0. The zero-order valence-electron chi connectivity index (χ0n) is 27.9. The van der Waals surface area contributed by atoms with Crippen LogP contribution in [0.25, 0.3) is 26.7 Å². The summed E-state index contributed by atoms with van der Waals surface area (Å²) in [6.07, 6.45) is 0. The molecule has 0 radical (unpaired) electrons. The molecule has 8 rings (SSSR count). The van der Waals surface area contributed by atoms with Crippen molar-refractivity contribution in [2.24, 2.45) is 0 Å². The van der Waals surface area contributed by atoms with Gasteiger partial charge in [-0.15, -0.1) is 0 Å². The highest BCUT2D eigenvalue weighted by atomic mass is 19.1. The lowest BCUT2D eigenvalue weighted by molar-refractivity contribution is 0.627. The van der Waals surface area contributed by atoms with Gasteiger partial charge in [0.25, 0.3) is 0 Å². The molecule has 6 heteroatoms. The van der Waals surface area contributed by atoms with Crippen molar-refractivity contribution in [3.63, 3.8) is 0 Å². The molecule has 1 aliphatic carbocycles. The predicted molar refractivity (Wildman–Crippen MR) is 202 cm³/mol. The first-order chi connectivity index (χ1) is 24.8. The van der Waals surface area contributed by atoms with Crippen LogP contribution < -0.4 is 9.80 Å². The van der Waals surface area contributed by atoms with Crippen molar-refractivity contribution in [1.29, 1.82) is 5.26 Å². The van der Waals surface area contributed by atoms with E-state index < -0.39 is 5.41 Å². The molecule has 0 fully saturated rings. The molecule has 0 saturated carbocycles. The van der Waals surface area contributed by atoms with Gasteiger partial charge in [-0.25, -0.2) is 13.6 Å². The van der Waals surface area contributed by atoms with Gasteiger partial charge in [0.05, 0.1) is 23.9 Å². The van der Waals surface area contributed by atoms with E-state index in [1.54, 1.807) is 48.5 Å². The third-order valence-corrected chi connectivity index (χ3v) is 9.80. The van der Waals surface area contributed by atoms with Crippen LogP contribution in [0.5, 0.6) is 0 Å². The van der Waals surface area contributed by atoms with E-state index in [4.69, 9.17) is 6.57 Å². The Kier molecular flexibility index (Phi) is 7.59. The van der Waals surface area contributed by atoms with Gasteiger partial charge < -0.3 is 9.80 Å². The average Bonchev–Trinajstić information content (AvgIpc) is 3.39. The van der Waals surface area contributed by atoms with Gasteiger partial charge in [-0.2, -0.15) is 5.26 Å². The molecule has 0 aromatic heterocycles. The normalized spacial score (nSPS) is 12.4. The van der Waals surface area contributed by atoms with Gasteiger partial charge in [0.1, 0.15) is 11.6 Å². The van der Waals surface area contributed by atoms with E-state index in [0.29, 0.717) is 11.3 Å². The summed E-state index contributed by atoms with van der Waals surface area (Å²) in [7, 11) is 0. The zero-order valence-corrected chi connectivity index (χ0v) is 27.9. The Morgan fingerprint density at radius 1 is 0.588 bits per heavy atom. The van der Waals surface area contributed by atoms with Crippen molar-refractivity contribution in [3.8, 4) is 17.2 Å². The molecular weight excluding hydrogens is 635 g/mol. The Labute approximate surface area is 295 Å². The van der Waals surface area contributed by atoms with E-state index in [1.807, 2.05) is 30.3 Å². The van der Waals surface area contributed by atoms with Gasteiger partial charge in [-0.05, 0) is 131 Å². The molecule has 0 atom stereocenters. The molecule has 0 N–H and O–H groups in total. The lowest BCUT2D eigenvalue weighted by Gasteiger charge is -2.30. The molecule has 244 valence electrons. The molecule has 7 aromatic carbocycles. The van der Waals surface area contributed by atoms with E-state index in [9.17, 15) is 14.0 Å². The minimum atomic E-state index is -0.430. The van der Waals surface area contributed by atoms with Gasteiger partial charge in [0.2, 0.25) is 0 Å². The summed E-state index contributed by atoms with van der Waals surface area (Å²) in [5.74, 6) is -0.632. The lowest BCUT2D eigenvalue weighted by atomic mass is 9.81. The highest BCUT2D eigenvalue weighted by Gasteiger charge is 2.38. The van der Waals surface area contributed by atoms with Crippen LogP contribution in [0.2, 0.25) is 0 Å². The van der Waals surface area contributed by atoms with Crippen molar-refractivity contribution < 1.29 is 8.78 Å². The molecule has 0 spiro atoms. The highest BCUT2D eigenvalue weighted by Crippen LogP contribution is 2.55. The predicted octanol–water partition coefficient (Wildman–Crippen LogP) is 12.8. The zero-order chi connectivity index (χ0) is 35.3. The van der Waals surface area contributed by atoms with Crippen LogP contribution in [-0.4, -0.2) is 0 Å². The van der Waals surface area contributed by atoms with Crippen molar-refractivity contribution in [1.82, 2.24) is 0 Å². The van der Waals surface area contributed by atoms with Crippen LogP contribution in [0.15, 0.2) is 146 Å². The van der Waals surface area contributed by atoms with Crippen molar-refractivity contribution in [3.05, 3.63) is 185 Å². The maximum absolute atomic E-state index is 14.2. The fourth-order valence-corrected chi connectivity index (χ4v) is 7.29. The molecule has 7 aromatic rings. The van der Waals surface area contributed by atoms with Crippen LogP contribution >= 0.6 is 0 Å². The number of benzene rings is 7. The van der Waals surface area contributed by atoms with Gasteiger partial charge >= 0.3 is 0 Å². The van der Waals surface area contributed by atoms with E-state index in [0.717, 1.165) is 67.2 Å². The van der Waals surface area contributed by atoms with Gasteiger partial charge in [-0.3, -0.25) is 0 Å². The van der Waals surface area contributed by atoms with Crippen molar-refractivity contribution >= 4 is 50.6 Å². The largest absolute Gasteiger partial charge is 0.311 e. The second kappa shape index (κ2) is 12.3. The van der Waals surface area contributed by atoms with E-state index >= 15 is 0 Å². The standard InChI is InChI=1S/C45H30F2N4/c1-45(2)41-26-37(50(33-18-10-30(46)11-19-33)34-22-14-32(49-3)15-23-34)24-25-40(41)44-39-7-5-4-6-38(39)43(27-42(44)45)51(36-20-12-31(47)13-21-36)35-16-8-29(28-48)9-17-35/h4-27H,1-2H3. The third-order valence-electron chi connectivity index (χ3n) is 9.80. The minimum Gasteiger partial charge on any atom is -0.311 e. The first-order valence-corrected chi connectivity index (χ1v) is 16.6. The van der Waals surface area contributed by atoms with E-state index in [-0.39, 0.29) is 11.6 Å². The molecule has 0 saturated heterocycles. The first kappa shape index (κ1) is 31.5.